The van der Waals surface area contributed by atoms with Gasteiger partial charge in [-0.1, -0.05) is 12.1 Å². The molecule has 0 saturated carbocycles. The Bertz CT molecular complexity index is 1180. The van der Waals surface area contributed by atoms with Crippen molar-refractivity contribution in [2.45, 2.75) is 29.8 Å². The normalized spacial score (nSPS) is 12.7. The summed E-state index contributed by atoms with van der Waals surface area (Å²) in [4.78, 5) is 14.6. The fourth-order valence-corrected chi connectivity index (χ4v) is 4.38. The van der Waals surface area contributed by atoms with Gasteiger partial charge >= 0.3 is 6.18 Å². The Morgan fingerprint density at radius 1 is 1.23 bits per heavy atom. The highest BCUT2D eigenvalue weighted by molar-refractivity contribution is 7.98. The third kappa shape index (κ3) is 3.52. The summed E-state index contributed by atoms with van der Waals surface area (Å²) >= 11 is 0.985. The zero-order valence-electron chi connectivity index (χ0n) is 15.2. The third-order valence-electron chi connectivity index (χ3n) is 4.79. The van der Waals surface area contributed by atoms with Crippen molar-refractivity contribution in [3.05, 3.63) is 74.7 Å². The Balaban J connectivity index is 1.77. The lowest BCUT2D eigenvalue weighted by atomic mass is 9.89. The van der Waals surface area contributed by atoms with E-state index in [4.69, 9.17) is 4.42 Å². The maximum Gasteiger partial charge on any atom is 0.418 e. The lowest BCUT2D eigenvalue weighted by Gasteiger charge is -2.22. The predicted molar refractivity (Wildman–Crippen MR) is 102 cm³/mol. The van der Waals surface area contributed by atoms with Crippen LogP contribution in [-0.2, 0) is 24.8 Å². The lowest BCUT2D eigenvalue weighted by Crippen LogP contribution is -2.18. The van der Waals surface area contributed by atoms with E-state index in [0.717, 1.165) is 11.8 Å². The van der Waals surface area contributed by atoms with Gasteiger partial charge < -0.3 is 4.42 Å². The molecule has 0 spiro atoms. The minimum atomic E-state index is -4.71. The molecule has 6 nitrogen and oxygen atoms in total. The van der Waals surface area contributed by atoms with Crippen LogP contribution in [0.2, 0.25) is 0 Å². The Hall–Kier alpha value is -3.32. The van der Waals surface area contributed by atoms with Gasteiger partial charge in [0.2, 0.25) is 0 Å². The van der Waals surface area contributed by atoms with Crippen LogP contribution in [0.1, 0.15) is 28.0 Å². The average Bonchev–Trinajstić information content (AvgIpc) is 3.19. The van der Waals surface area contributed by atoms with Crippen molar-refractivity contribution in [2.24, 2.45) is 0 Å². The molecule has 3 aromatic rings. The summed E-state index contributed by atoms with van der Waals surface area (Å²) in [6, 6.07) is 8.95. The minimum Gasteiger partial charge on any atom is -0.469 e. The number of aryl methyl sites for hydroxylation is 1. The van der Waals surface area contributed by atoms with Crippen LogP contribution >= 0.6 is 11.8 Å². The summed E-state index contributed by atoms with van der Waals surface area (Å²) in [5.74, 6) is 0.771. The standard InChI is InChI=1S/C20H12F3N3O3S/c21-20(22,23)17-14-5-6-16-13(7-8-29-16)18(14)25-19(15(17)9-24)30-10-11-1-3-12(4-2-11)26(27)28/h1-4,7-8H,5-6,10H2. The van der Waals surface area contributed by atoms with Crippen molar-refractivity contribution in [3.8, 4) is 17.3 Å². The van der Waals surface area contributed by atoms with E-state index in [2.05, 4.69) is 4.98 Å². The Morgan fingerprint density at radius 3 is 2.60 bits per heavy atom. The summed E-state index contributed by atoms with van der Waals surface area (Å²) in [5.41, 5.74) is -0.182. The quantitative estimate of drug-likeness (QED) is 0.306. The lowest BCUT2D eigenvalue weighted by molar-refractivity contribution is -0.384. The van der Waals surface area contributed by atoms with Gasteiger partial charge in [0.25, 0.3) is 5.69 Å². The minimum absolute atomic E-state index is 0.00707. The summed E-state index contributed by atoms with van der Waals surface area (Å²) in [5, 5.41) is 20.2. The number of nitro benzene ring substituents is 1. The van der Waals surface area contributed by atoms with E-state index in [1.807, 2.05) is 0 Å². The predicted octanol–water partition coefficient (Wildman–Crippen LogP) is 5.53. The molecular weight excluding hydrogens is 419 g/mol. The van der Waals surface area contributed by atoms with Gasteiger partial charge in [-0.25, -0.2) is 4.98 Å². The van der Waals surface area contributed by atoms with Crippen LogP contribution in [0.4, 0.5) is 18.9 Å². The number of hydrogen-bond donors (Lipinski definition) is 0. The van der Waals surface area contributed by atoms with Crippen LogP contribution in [-0.4, -0.2) is 9.91 Å². The molecule has 10 heteroatoms. The van der Waals surface area contributed by atoms with Gasteiger partial charge in [0.15, 0.2) is 0 Å². The smallest absolute Gasteiger partial charge is 0.418 e. The number of nitro groups is 1. The molecule has 0 bridgehead atoms. The maximum atomic E-state index is 13.9. The number of benzene rings is 1. The van der Waals surface area contributed by atoms with Gasteiger partial charge in [-0.2, -0.15) is 18.4 Å². The molecule has 2 aromatic heterocycles. The number of aromatic nitrogens is 1. The third-order valence-corrected chi connectivity index (χ3v) is 5.83. The molecule has 4 rings (SSSR count). The van der Waals surface area contributed by atoms with Crippen LogP contribution in [0.3, 0.4) is 0 Å². The molecule has 1 aliphatic carbocycles. The largest absolute Gasteiger partial charge is 0.469 e. The summed E-state index contributed by atoms with van der Waals surface area (Å²) in [7, 11) is 0. The molecule has 30 heavy (non-hydrogen) atoms. The Morgan fingerprint density at radius 2 is 1.97 bits per heavy atom. The number of thioether (sulfide) groups is 1. The molecule has 1 aliphatic rings. The van der Waals surface area contributed by atoms with Crippen molar-refractivity contribution in [1.29, 1.82) is 5.26 Å². The second-order valence-corrected chi connectivity index (χ2v) is 7.54. The topological polar surface area (TPSA) is 93.0 Å². The zero-order chi connectivity index (χ0) is 21.5. The number of pyridine rings is 1. The molecular formula is C20H12F3N3O3S. The van der Waals surface area contributed by atoms with Gasteiger partial charge in [-0.15, -0.1) is 11.8 Å². The molecule has 0 unspecified atom stereocenters. The number of fused-ring (bicyclic) bond motifs is 3. The van der Waals surface area contributed by atoms with E-state index in [1.54, 1.807) is 12.1 Å². The molecule has 0 amide bonds. The first-order chi connectivity index (χ1) is 14.3. The molecule has 1 aromatic carbocycles. The number of furan rings is 1. The first-order valence-electron chi connectivity index (χ1n) is 8.76. The molecule has 152 valence electrons. The van der Waals surface area contributed by atoms with Gasteiger partial charge in [-0.05, 0) is 23.6 Å². The van der Waals surface area contributed by atoms with Crippen LogP contribution in [0.25, 0.3) is 11.3 Å². The first-order valence-corrected chi connectivity index (χ1v) is 9.75. The van der Waals surface area contributed by atoms with Crippen LogP contribution in [0.5, 0.6) is 0 Å². The first kappa shape index (κ1) is 20.0. The molecule has 0 N–H and O–H groups in total. The van der Waals surface area contributed by atoms with Crippen LogP contribution < -0.4 is 0 Å². The highest BCUT2D eigenvalue weighted by Gasteiger charge is 2.41. The van der Waals surface area contributed by atoms with Crippen molar-refractivity contribution >= 4 is 17.4 Å². The molecule has 0 atom stereocenters. The van der Waals surface area contributed by atoms with Gasteiger partial charge in [0.05, 0.1) is 28.0 Å². The fourth-order valence-electron chi connectivity index (χ4n) is 3.44. The molecule has 2 heterocycles. The molecule has 0 radical (unpaired) electrons. The Kier molecular flexibility index (Phi) is 4.99. The fraction of sp³-hybridized carbons (Fsp3) is 0.200. The number of halogens is 3. The number of nitrogens with zero attached hydrogens (tertiary/aromatic N) is 3. The number of non-ortho nitro benzene ring substituents is 1. The van der Waals surface area contributed by atoms with E-state index >= 15 is 0 Å². The van der Waals surface area contributed by atoms with Gasteiger partial charge in [0, 0.05) is 29.9 Å². The summed E-state index contributed by atoms with van der Waals surface area (Å²) < 4.78 is 47.1. The Labute approximate surface area is 172 Å². The van der Waals surface area contributed by atoms with Crippen molar-refractivity contribution in [3.63, 3.8) is 0 Å². The van der Waals surface area contributed by atoms with E-state index in [-0.39, 0.29) is 34.1 Å². The monoisotopic (exact) mass is 431 g/mol. The van der Waals surface area contributed by atoms with Gasteiger partial charge in [-0.3, -0.25) is 10.1 Å². The van der Waals surface area contributed by atoms with E-state index in [0.29, 0.717) is 23.3 Å². The van der Waals surface area contributed by atoms with Crippen molar-refractivity contribution in [2.75, 3.05) is 0 Å². The van der Waals surface area contributed by atoms with Crippen LogP contribution in [0.15, 0.2) is 46.0 Å². The number of nitriles is 1. The summed E-state index contributed by atoms with van der Waals surface area (Å²) in [6.45, 7) is 0. The molecule has 0 saturated heterocycles. The summed E-state index contributed by atoms with van der Waals surface area (Å²) in [6.07, 6.45) is -2.90. The number of rotatable bonds is 4. The molecule has 0 fully saturated rings. The van der Waals surface area contributed by atoms with E-state index in [1.165, 1.54) is 30.5 Å². The average molecular weight is 431 g/mol. The second kappa shape index (κ2) is 7.50. The SMILES string of the molecule is N#Cc1c(SCc2ccc([N+](=O)[O-])cc2)nc2c(c1C(F)(F)F)CCc1occc1-2. The highest BCUT2D eigenvalue weighted by atomic mass is 32.2. The highest BCUT2D eigenvalue weighted by Crippen LogP contribution is 2.45. The number of hydrogen-bond acceptors (Lipinski definition) is 6. The second-order valence-electron chi connectivity index (χ2n) is 6.57. The molecule has 0 aliphatic heterocycles. The van der Waals surface area contributed by atoms with E-state index in [9.17, 15) is 28.5 Å². The number of alkyl halides is 3. The van der Waals surface area contributed by atoms with Crippen molar-refractivity contribution in [1.82, 2.24) is 4.98 Å². The zero-order valence-corrected chi connectivity index (χ0v) is 16.0. The maximum absolute atomic E-state index is 13.9. The van der Waals surface area contributed by atoms with Crippen LogP contribution in [0, 0.1) is 21.4 Å². The van der Waals surface area contributed by atoms with Gasteiger partial charge in [0.1, 0.15) is 16.9 Å². The van der Waals surface area contributed by atoms with Crippen molar-refractivity contribution < 1.29 is 22.5 Å². The van der Waals surface area contributed by atoms with E-state index < -0.39 is 22.2 Å².